The summed E-state index contributed by atoms with van der Waals surface area (Å²) in [6, 6.07) is 12.0. The molecular weight excluding hydrogens is 408 g/mol. The van der Waals surface area contributed by atoms with Crippen molar-refractivity contribution in [3.05, 3.63) is 48.8 Å². The van der Waals surface area contributed by atoms with Crippen molar-refractivity contribution >= 4 is 22.7 Å². The van der Waals surface area contributed by atoms with Crippen molar-refractivity contribution in [2.24, 2.45) is 0 Å². The van der Waals surface area contributed by atoms with Gasteiger partial charge in [-0.25, -0.2) is 9.78 Å². The van der Waals surface area contributed by atoms with E-state index in [1.807, 2.05) is 54.9 Å². The maximum atomic E-state index is 12.0. The predicted octanol–water partition coefficient (Wildman–Crippen LogP) is 3.82. The number of aromatic nitrogens is 2. The highest BCUT2D eigenvalue weighted by Crippen LogP contribution is 2.25. The van der Waals surface area contributed by atoms with Crippen LogP contribution >= 0.6 is 0 Å². The van der Waals surface area contributed by atoms with Gasteiger partial charge in [0.1, 0.15) is 17.7 Å². The van der Waals surface area contributed by atoms with Gasteiger partial charge in [-0.2, -0.15) is 0 Å². The Morgan fingerprint density at radius 2 is 2.03 bits per heavy atom. The molecule has 1 fully saturated rings. The van der Waals surface area contributed by atoms with Gasteiger partial charge in [-0.15, -0.1) is 0 Å². The number of benzene rings is 1. The Morgan fingerprint density at radius 1 is 1.22 bits per heavy atom. The normalized spacial score (nSPS) is 14.7. The molecule has 3 aromatic rings. The van der Waals surface area contributed by atoms with E-state index < -0.39 is 0 Å². The summed E-state index contributed by atoms with van der Waals surface area (Å²) in [5.74, 6) is 1.54. The number of carbonyl (C=O) groups is 1. The summed E-state index contributed by atoms with van der Waals surface area (Å²) in [4.78, 5) is 18.3. The van der Waals surface area contributed by atoms with Gasteiger partial charge in [0, 0.05) is 49.7 Å². The molecule has 1 saturated heterocycles. The van der Waals surface area contributed by atoms with Gasteiger partial charge in [-0.1, -0.05) is 0 Å². The van der Waals surface area contributed by atoms with Gasteiger partial charge in [0.05, 0.1) is 24.4 Å². The van der Waals surface area contributed by atoms with Crippen LogP contribution in [0.15, 0.2) is 48.8 Å². The Morgan fingerprint density at radius 3 is 2.72 bits per heavy atom. The molecule has 32 heavy (non-hydrogen) atoms. The minimum atomic E-state index is -0.250. The number of piperidine rings is 1. The Labute approximate surface area is 187 Å². The number of likely N-dealkylation sites (tertiary alicyclic amines) is 1. The number of anilines is 1. The Bertz CT molecular complexity index is 1040. The molecule has 1 aliphatic rings. The largest absolute Gasteiger partial charge is 0.489 e. The lowest BCUT2D eigenvalue weighted by Crippen LogP contribution is -2.42. The second-order valence-electron chi connectivity index (χ2n) is 8.20. The molecular formula is C24H30N4O4. The van der Waals surface area contributed by atoms with Gasteiger partial charge in [0.2, 0.25) is 0 Å². The van der Waals surface area contributed by atoms with Crippen LogP contribution in [0.1, 0.15) is 26.7 Å². The van der Waals surface area contributed by atoms with E-state index in [1.54, 1.807) is 11.1 Å². The van der Waals surface area contributed by atoms with Crippen LogP contribution in [0.3, 0.4) is 0 Å². The zero-order valence-corrected chi connectivity index (χ0v) is 18.5. The highest BCUT2D eigenvalue weighted by Gasteiger charge is 2.25. The summed E-state index contributed by atoms with van der Waals surface area (Å²) >= 11 is 0. The van der Waals surface area contributed by atoms with Crippen LogP contribution < -0.4 is 10.1 Å². The number of aliphatic hydroxyl groups excluding tert-OH is 1. The van der Waals surface area contributed by atoms with E-state index in [4.69, 9.17) is 14.6 Å². The van der Waals surface area contributed by atoms with Gasteiger partial charge in [-0.05, 0) is 50.2 Å². The van der Waals surface area contributed by atoms with Crippen LogP contribution in [0.4, 0.5) is 10.5 Å². The van der Waals surface area contributed by atoms with Gasteiger partial charge < -0.3 is 29.4 Å². The molecule has 0 spiro atoms. The minimum Gasteiger partial charge on any atom is -0.489 e. The number of nitrogens with one attached hydrogen (secondary N) is 1. The van der Waals surface area contributed by atoms with Crippen molar-refractivity contribution in [2.75, 3.05) is 31.6 Å². The lowest BCUT2D eigenvalue weighted by molar-refractivity contribution is 0.0516. The summed E-state index contributed by atoms with van der Waals surface area (Å²) in [6.45, 7) is 5.60. The number of pyridine rings is 1. The second kappa shape index (κ2) is 9.91. The van der Waals surface area contributed by atoms with Crippen LogP contribution in [0.25, 0.3) is 16.7 Å². The number of hydrogen-bond acceptors (Lipinski definition) is 6. The quantitative estimate of drug-likeness (QED) is 0.583. The number of fused-ring (bicyclic) bond motifs is 1. The second-order valence-corrected chi connectivity index (χ2v) is 8.20. The fourth-order valence-corrected chi connectivity index (χ4v) is 3.86. The molecule has 0 bridgehead atoms. The summed E-state index contributed by atoms with van der Waals surface area (Å²) in [5.41, 5.74) is 2.03. The first-order valence-corrected chi connectivity index (χ1v) is 11.1. The molecule has 1 aromatic carbocycles. The van der Waals surface area contributed by atoms with E-state index in [1.165, 1.54) is 0 Å². The number of nitrogens with zero attached hydrogens (tertiary/aromatic N) is 3. The average Bonchev–Trinajstić information content (AvgIpc) is 3.21. The fourth-order valence-electron chi connectivity index (χ4n) is 3.86. The molecule has 3 heterocycles. The maximum absolute atomic E-state index is 12.0. The Kier molecular flexibility index (Phi) is 6.80. The molecule has 8 nitrogen and oxygen atoms in total. The Hall–Kier alpha value is -3.26. The first-order valence-electron chi connectivity index (χ1n) is 11.1. The van der Waals surface area contributed by atoms with Crippen molar-refractivity contribution in [3.8, 4) is 11.6 Å². The molecule has 0 aliphatic carbocycles. The van der Waals surface area contributed by atoms with Crippen LogP contribution in [0.2, 0.25) is 0 Å². The van der Waals surface area contributed by atoms with Crippen LogP contribution in [0, 0.1) is 0 Å². The summed E-state index contributed by atoms with van der Waals surface area (Å²) in [5, 5.41) is 13.2. The van der Waals surface area contributed by atoms with Crippen LogP contribution in [-0.2, 0) is 4.74 Å². The lowest BCUT2D eigenvalue weighted by atomic mass is 10.1. The molecule has 0 radical (unpaired) electrons. The smallest absolute Gasteiger partial charge is 0.410 e. The number of aliphatic hydroxyl groups is 1. The third-order valence-electron chi connectivity index (χ3n) is 5.44. The third kappa shape index (κ3) is 5.13. The van der Waals surface area contributed by atoms with Gasteiger partial charge in [0.15, 0.2) is 0 Å². The summed E-state index contributed by atoms with van der Waals surface area (Å²) < 4.78 is 13.4. The van der Waals surface area contributed by atoms with Crippen LogP contribution in [0.5, 0.6) is 5.75 Å². The van der Waals surface area contributed by atoms with Gasteiger partial charge in [-0.3, -0.25) is 0 Å². The molecule has 0 atom stereocenters. The fraction of sp³-hybridized carbons (Fsp3) is 0.417. The number of carbonyl (C=O) groups excluding carboxylic acids is 1. The van der Waals surface area contributed by atoms with E-state index in [-0.39, 0.29) is 24.9 Å². The van der Waals surface area contributed by atoms with E-state index in [9.17, 15) is 4.79 Å². The summed E-state index contributed by atoms with van der Waals surface area (Å²) in [6.07, 6.45) is 4.98. The lowest BCUT2D eigenvalue weighted by Gasteiger charge is -2.31. The Balaban J connectivity index is 1.36. The molecule has 0 unspecified atom stereocenters. The van der Waals surface area contributed by atoms with Gasteiger partial charge in [0.25, 0.3) is 0 Å². The number of rotatable bonds is 7. The zero-order chi connectivity index (χ0) is 22.5. The highest BCUT2D eigenvalue weighted by atomic mass is 16.6. The van der Waals surface area contributed by atoms with E-state index in [0.717, 1.165) is 41.0 Å². The first-order chi connectivity index (χ1) is 15.5. The minimum absolute atomic E-state index is 0.0583. The molecule has 170 valence electrons. The number of amides is 1. The van der Waals surface area contributed by atoms with Crippen molar-refractivity contribution in [1.82, 2.24) is 14.5 Å². The molecule has 8 heteroatoms. The van der Waals surface area contributed by atoms with Crippen molar-refractivity contribution in [2.45, 2.75) is 38.9 Å². The molecule has 1 amide bonds. The summed E-state index contributed by atoms with van der Waals surface area (Å²) in [7, 11) is 0. The number of ether oxygens (including phenoxy) is 2. The van der Waals surface area contributed by atoms with Gasteiger partial charge >= 0.3 is 6.09 Å². The SMILES string of the molecule is CC(C)OC(=O)N1CCC(Oc2ccc(-n3ccc4cc(NCCO)ccc43)nc2)CC1. The van der Waals surface area contributed by atoms with Crippen molar-refractivity contribution in [1.29, 1.82) is 0 Å². The standard InChI is InChI=1S/C24H30N4O4/c1-17(2)31-24(30)27-11-8-20(9-12-27)32-21-4-6-23(26-16-21)28-13-7-18-15-19(25-10-14-29)3-5-22(18)28/h3-7,13,15-17,20,25,29H,8-12,14H2,1-2H3. The molecule has 1 aliphatic heterocycles. The van der Waals surface area contributed by atoms with E-state index in [2.05, 4.69) is 16.4 Å². The first kappa shape index (κ1) is 22.0. The maximum Gasteiger partial charge on any atom is 0.410 e. The van der Waals surface area contributed by atoms with Crippen molar-refractivity contribution in [3.63, 3.8) is 0 Å². The average molecular weight is 439 g/mol. The molecule has 0 saturated carbocycles. The van der Waals surface area contributed by atoms with Crippen molar-refractivity contribution < 1.29 is 19.4 Å². The predicted molar refractivity (Wildman–Crippen MR) is 123 cm³/mol. The zero-order valence-electron chi connectivity index (χ0n) is 18.5. The molecule has 4 rings (SSSR count). The monoisotopic (exact) mass is 438 g/mol. The topological polar surface area (TPSA) is 88.8 Å². The molecule has 2 aromatic heterocycles. The highest BCUT2D eigenvalue weighted by molar-refractivity contribution is 5.85. The van der Waals surface area contributed by atoms with E-state index >= 15 is 0 Å². The van der Waals surface area contributed by atoms with E-state index in [0.29, 0.717) is 19.6 Å². The third-order valence-corrected chi connectivity index (χ3v) is 5.44. The number of hydrogen-bond donors (Lipinski definition) is 2. The molecule has 2 N–H and O–H groups in total. The van der Waals surface area contributed by atoms with Crippen LogP contribution in [-0.4, -0.2) is 64.1 Å².